The number of pyridine rings is 1. The topological polar surface area (TPSA) is 73.0 Å². The zero-order chi connectivity index (χ0) is 22.6. The van der Waals surface area contributed by atoms with E-state index in [4.69, 9.17) is 4.98 Å². The van der Waals surface area contributed by atoms with E-state index in [1.165, 1.54) is 6.07 Å². The summed E-state index contributed by atoms with van der Waals surface area (Å²) in [4.78, 5) is 14.0. The number of nitriles is 1. The van der Waals surface area contributed by atoms with E-state index < -0.39 is 0 Å². The molecule has 7 nitrogen and oxygen atoms in total. The Labute approximate surface area is 204 Å². The number of halogens is 2. The van der Waals surface area contributed by atoms with E-state index in [1.807, 2.05) is 23.9 Å². The van der Waals surface area contributed by atoms with Crippen molar-refractivity contribution < 1.29 is 4.39 Å². The third-order valence-corrected chi connectivity index (χ3v) is 7.41. The van der Waals surface area contributed by atoms with E-state index in [1.54, 1.807) is 18.3 Å². The first-order valence-electron chi connectivity index (χ1n) is 11.5. The maximum Gasteiger partial charge on any atom is 0.205 e. The van der Waals surface area contributed by atoms with Crippen molar-refractivity contribution in [2.24, 2.45) is 12.5 Å². The third-order valence-electron chi connectivity index (χ3n) is 7.41. The first-order valence-corrected chi connectivity index (χ1v) is 11.5. The number of nitrogens with one attached hydrogen (secondary N) is 1. The number of hydrogen-bond acceptors (Lipinski definition) is 6. The zero-order valence-electron chi connectivity index (χ0n) is 19.1. The minimum absolute atomic E-state index is 0. The van der Waals surface area contributed by atoms with E-state index in [2.05, 4.69) is 26.2 Å². The van der Waals surface area contributed by atoms with Gasteiger partial charge >= 0.3 is 0 Å². The van der Waals surface area contributed by atoms with Crippen LogP contribution in [-0.4, -0.2) is 47.3 Å². The van der Waals surface area contributed by atoms with E-state index in [0.29, 0.717) is 35.5 Å². The molecule has 0 atom stereocenters. The molecule has 0 radical (unpaired) electrons. The molecule has 1 N–H and O–H groups in total. The molecule has 0 unspecified atom stereocenters. The summed E-state index contributed by atoms with van der Waals surface area (Å²) in [6.07, 6.45) is 5.49. The fourth-order valence-corrected chi connectivity index (χ4v) is 5.58. The highest BCUT2D eigenvalue weighted by atomic mass is 35.5. The molecule has 0 saturated carbocycles. The average Bonchev–Trinajstić information content (AvgIpc) is 3.45. The number of anilines is 2. The standard InChI is InChI=1S/C25H26FN7.ClH/c1-31-11-8-29-24(31)32-9-6-18-21(13-32)30-23(33-10-7-25(16-33)14-28-15-25)19(12-27)22(18)17-4-2-3-5-20(17)26;/h2-5,8,11,28H,6-7,9-10,13-16H2,1H3;1H. The van der Waals surface area contributed by atoms with Gasteiger partial charge in [-0.3, -0.25) is 0 Å². The van der Waals surface area contributed by atoms with Crippen LogP contribution in [-0.2, 0) is 20.0 Å². The van der Waals surface area contributed by atoms with Gasteiger partial charge in [0.05, 0.1) is 12.2 Å². The Morgan fingerprint density at radius 3 is 2.65 bits per heavy atom. The van der Waals surface area contributed by atoms with Crippen LogP contribution >= 0.6 is 12.4 Å². The van der Waals surface area contributed by atoms with Crippen molar-refractivity contribution >= 4 is 24.2 Å². The Morgan fingerprint density at radius 1 is 1.18 bits per heavy atom. The van der Waals surface area contributed by atoms with Crippen LogP contribution in [0.1, 0.15) is 23.2 Å². The molecule has 2 fully saturated rings. The van der Waals surface area contributed by atoms with E-state index in [9.17, 15) is 5.26 Å². The predicted octanol–water partition coefficient (Wildman–Crippen LogP) is 3.28. The highest BCUT2D eigenvalue weighted by Gasteiger charge is 2.44. The summed E-state index contributed by atoms with van der Waals surface area (Å²) in [7, 11) is 1.98. The normalized spacial score (nSPS) is 18.3. The van der Waals surface area contributed by atoms with Crippen molar-refractivity contribution in [2.45, 2.75) is 19.4 Å². The SMILES string of the molecule is Cl.Cn1ccnc1N1CCc2c(nc(N3CCC4(CNC4)C3)c(C#N)c2-c2ccccc2F)C1. The van der Waals surface area contributed by atoms with Gasteiger partial charge in [-0.2, -0.15) is 5.26 Å². The van der Waals surface area contributed by atoms with Crippen LogP contribution in [0, 0.1) is 22.6 Å². The second-order valence-electron chi connectivity index (χ2n) is 9.49. The molecule has 3 aliphatic heterocycles. The van der Waals surface area contributed by atoms with Gasteiger partial charge in [-0.15, -0.1) is 12.4 Å². The maximum absolute atomic E-state index is 15.0. The molecule has 0 amide bonds. The first kappa shape index (κ1) is 22.6. The first-order chi connectivity index (χ1) is 16.1. The molecule has 0 aliphatic carbocycles. The van der Waals surface area contributed by atoms with Crippen LogP contribution in [0.3, 0.4) is 0 Å². The smallest absolute Gasteiger partial charge is 0.205 e. The number of aryl methyl sites for hydroxylation is 1. The fraction of sp³-hybridized carbons (Fsp3) is 0.400. The lowest BCUT2D eigenvalue weighted by molar-refractivity contribution is 0.199. The van der Waals surface area contributed by atoms with Gasteiger partial charge < -0.3 is 19.7 Å². The molecule has 2 saturated heterocycles. The number of nitrogens with zero attached hydrogens (tertiary/aromatic N) is 6. The number of aromatic nitrogens is 3. The highest BCUT2D eigenvalue weighted by molar-refractivity contribution is 5.85. The third kappa shape index (κ3) is 3.51. The average molecular weight is 480 g/mol. The summed E-state index contributed by atoms with van der Waals surface area (Å²) in [5, 5.41) is 13.7. The molecule has 6 rings (SSSR count). The lowest BCUT2D eigenvalue weighted by Crippen LogP contribution is -2.54. The molecule has 3 aliphatic rings. The van der Waals surface area contributed by atoms with Crippen molar-refractivity contribution in [3.63, 3.8) is 0 Å². The Morgan fingerprint density at radius 2 is 2.00 bits per heavy atom. The largest absolute Gasteiger partial charge is 0.355 e. The quantitative estimate of drug-likeness (QED) is 0.621. The molecule has 0 bridgehead atoms. The second kappa shape index (κ2) is 8.57. The Balaban J connectivity index is 0.00000241. The second-order valence-corrected chi connectivity index (χ2v) is 9.49. The van der Waals surface area contributed by atoms with Gasteiger partial charge in [0.25, 0.3) is 0 Å². The van der Waals surface area contributed by atoms with Crippen LogP contribution < -0.4 is 15.1 Å². The molecule has 176 valence electrons. The lowest BCUT2D eigenvalue weighted by Gasteiger charge is -2.39. The van der Waals surface area contributed by atoms with Gasteiger partial charge in [-0.25, -0.2) is 14.4 Å². The van der Waals surface area contributed by atoms with Gasteiger partial charge in [0.1, 0.15) is 23.3 Å². The Hall–Kier alpha value is -3.15. The van der Waals surface area contributed by atoms with E-state index >= 15 is 4.39 Å². The molecule has 1 aromatic carbocycles. The van der Waals surface area contributed by atoms with Crippen LogP contribution in [0.5, 0.6) is 0 Å². The number of rotatable bonds is 3. The summed E-state index contributed by atoms with van der Waals surface area (Å²) in [6.45, 7) is 5.07. The maximum atomic E-state index is 15.0. The molecule has 34 heavy (non-hydrogen) atoms. The van der Waals surface area contributed by atoms with Crippen LogP contribution in [0.25, 0.3) is 11.1 Å². The fourth-order valence-electron chi connectivity index (χ4n) is 5.58. The van der Waals surface area contributed by atoms with Gasteiger partial charge in [-0.1, -0.05) is 18.2 Å². The number of fused-ring (bicyclic) bond motifs is 1. The molecule has 3 aromatic rings. The molecule has 5 heterocycles. The number of hydrogen-bond donors (Lipinski definition) is 1. The van der Waals surface area contributed by atoms with Gasteiger partial charge in [0.15, 0.2) is 0 Å². The van der Waals surface area contributed by atoms with Crippen molar-refractivity contribution in [3.8, 4) is 17.2 Å². The van der Waals surface area contributed by atoms with Crippen molar-refractivity contribution in [3.05, 3.63) is 59.3 Å². The molecule has 1 spiro atoms. The van der Waals surface area contributed by atoms with Crippen LogP contribution in [0.15, 0.2) is 36.7 Å². The molecule has 9 heteroatoms. The molecule has 2 aromatic heterocycles. The number of imidazole rings is 1. The van der Waals surface area contributed by atoms with Crippen molar-refractivity contribution in [2.75, 3.05) is 42.5 Å². The van der Waals surface area contributed by atoms with Gasteiger partial charge in [0.2, 0.25) is 5.95 Å². The van der Waals surface area contributed by atoms with Gasteiger partial charge in [0, 0.05) is 68.7 Å². The van der Waals surface area contributed by atoms with Gasteiger partial charge in [-0.05, 0) is 24.5 Å². The summed E-state index contributed by atoms with van der Waals surface area (Å²) >= 11 is 0. The lowest BCUT2D eigenvalue weighted by atomic mass is 9.81. The minimum Gasteiger partial charge on any atom is -0.355 e. The predicted molar refractivity (Wildman–Crippen MR) is 132 cm³/mol. The highest BCUT2D eigenvalue weighted by Crippen LogP contribution is 2.42. The summed E-state index contributed by atoms with van der Waals surface area (Å²) in [5.74, 6) is 1.28. The Kier molecular flexibility index (Phi) is 5.70. The summed E-state index contributed by atoms with van der Waals surface area (Å²) < 4.78 is 17.0. The summed E-state index contributed by atoms with van der Waals surface area (Å²) in [5.41, 5.74) is 3.84. The van der Waals surface area contributed by atoms with Crippen molar-refractivity contribution in [1.29, 1.82) is 5.26 Å². The molecular formula is C25H27ClFN7. The van der Waals surface area contributed by atoms with Crippen molar-refractivity contribution in [1.82, 2.24) is 19.9 Å². The zero-order valence-corrected chi connectivity index (χ0v) is 19.9. The number of benzene rings is 1. The van der Waals surface area contributed by atoms with E-state index in [0.717, 1.165) is 56.4 Å². The monoisotopic (exact) mass is 479 g/mol. The van der Waals surface area contributed by atoms with Crippen LogP contribution in [0.2, 0.25) is 0 Å². The summed E-state index contributed by atoms with van der Waals surface area (Å²) in [6, 6.07) is 9.18. The van der Waals surface area contributed by atoms with Crippen LogP contribution in [0.4, 0.5) is 16.2 Å². The molecular weight excluding hydrogens is 453 g/mol. The Bertz CT molecular complexity index is 1280. The minimum atomic E-state index is -0.305. The van der Waals surface area contributed by atoms with E-state index in [-0.39, 0.29) is 23.6 Å².